The molecule has 0 spiro atoms. The molecule has 4 nitrogen and oxygen atoms in total. The molecule has 1 aromatic carbocycles. The van der Waals surface area contributed by atoms with E-state index in [2.05, 4.69) is 5.32 Å². The summed E-state index contributed by atoms with van der Waals surface area (Å²) in [4.78, 5) is 0. The molecule has 0 radical (unpaired) electrons. The van der Waals surface area contributed by atoms with Gasteiger partial charge in [0.2, 0.25) is 0 Å². The number of rotatable bonds is 7. The summed E-state index contributed by atoms with van der Waals surface area (Å²) in [6.07, 6.45) is 0. The molecule has 1 atom stereocenters. The van der Waals surface area contributed by atoms with Crippen LogP contribution in [0.4, 0.5) is 0 Å². The lowest BCUT2D eigenvalue weighted by Crippen LogP contribution is -2.31. The van der Waals surface area contributed by atoms with E-state index in [1.807, 2.05) is 31.2 Å². The van der Waals surface area contributed by atoms with Crippen LogP contribution in [0.25, 0.3) is 0 Å². The molecular formula is C14H23NO3S. The SMILES string of the molecule is CCNC(CS(=O)(=O)C(C)C)c1ccccc1OC. The van der Waals surface area contributed by atoms with Gasteiger partial charge in [0.25, 0.3) is 0 Å². The first kappa shape index (κ1) is 16.0. The Bertz CT molecular complexity index is 497. The van der Waals surface area contributed by atoms with Crippen molar-refractivity contribution in [3.05, 3.63) is 29.8 Å². The number of nitrogens with one attached hydrogen (secondary N) is 1. The fourth-order valence-corrected chi connectivity index (χ4v) is 3.03. The normalized spacial score (nSPS) is 13.5. The van der Waals surface area contributed by atoms with Crippen LogP contribution < -0.4 is 10.1 Å². The Morgan fingerprint density at radius 3 is 2.42 bits per heavy atom. The van der Waals surface area contributed by atoms with Crippen LogP contribution in [0.15, 0.2) is 24.3 Å². The van der Waals surface area contributed by atoms with Gasteiger partial charge in [-0.2, -0.15) is 0 Å². The monoisotopic (exact) mass is 285 g/mol. The Balaban J connectivity index is 3.07. The average molecular weight is 285 g/mol. The fraction of sp³-hybridized carbons (Fsp3) is 0.571. The first-order chi connectivity index (χ1) is 8.92. The van der Waals surface area contributed by atoms with Crippen LogP contribution >= 0.6 is 0 Å². The Labute approximate surface area is 116 Å². The highest BCUT2D eigenvalue weighted by atomic mass is 32.2. The Hall–Kier alpha value is -1.07. The molecule has 0 aromatic heterocycles. The zero-order valence-corrected chi connectivity index (χ0v) is 12.8. The highest BCUT2D eigenvalue weighted by Crippen LogP contribution is 2.26. The highest BCUT2D eigenvalue weighted by Gasteiger charge is 2.24. The number of benzene rings is 1. The molecule has 0 saturated carbocycles. The summed E-state index contributed by atoms with van der Waals surface area (Å²) in [5.74, 6) is 0.797. The van der Waals surface area contributed by atoms with Gasteiger partial charge in [-0.15, -0.1) is 0 Å². The maximum Gasteiger partial charge on any atom is 0.154 e. The van der Waals surface area contributed by atoms with Crippen molar-refractivity contribution < 1.29 is 13.2 Å². The summed E-state index contributed by atoms with van der Waals surface area (Å²) in [7, 11) is -1.51. The molecule has 0 fully saturated rings. The lowest BCUT2D eigenvalue weighted by molar-refractivity contribution is 0.402. The molecule has 0 amide bonds. The van der Waals surface area contributed by atoms with E-state index in [0.717, 1.165) is 5.56 Å². The van der Waals surface area contributed by atoms with E-state index in [1.165, 1.54) is 0 Å². The topological polar surface area (TPSA) is 55.4 Å². The van der Waals surface area contributed by atoms with E-state index in [-0.39, 0.29) is 17.0 Å². The van der Waals surface area contributed by atoms with Crippen LogP contribution in [0.5, 0.6) is 5.75 Å². The second kappa shape index (κ2) is 6.91. The van der Waals surface area contributed by atoms with Crippen LogP contribution in [-0.4, -0.2) is 33.1 Å². The van der Waals surface area contributed by atoms with Crippen molar-refractivity contribution in [2.75, 3.05) is 19.4 Å². The molecular weight excluding hydrogens is 262 g/mol. The lowest BCUT2D eigenvalue weighted by Gasteiger charge is -2.21. The molecule has 1 rings (SSSR count). The molecule has 0 aliphatic rings. The summed E-state index contributed by atoms with van der Waals surface area (Å²) in [5, 5.41) is 2.85. The first-order valence-corrected chi connectivity index (χ1v) is 8.21. The number of para-hydroxylation sites is 1. The maximum absolute atomic E-state index is 12.1. The van der Waals surface area contributed by atoms with Gasteiger partial charge >= 0.3 is 0 Å². The molecule has 0 saturated heterocycles. The number of sulfone groups is 1. The molecule has 0 aliphatic carbocycles. The third-order valence-corrected chi connectivity index (χ3v) is 5.32. The second-order valence-corrected chi connectivity index (χ2v) is 7.33. The first-order valence-electron chi connectivity index (χ1n) is 6.50. The van der Waals surface area contributed by atoms with Gasteiger partial charge in [0.15, 0.2) is 9.84 Å². The van der Waals surface area contributed by atoms with Crippen LogP contribution in [0.2, 0.25) is 0 Å². The largest absolute Gasteiger partial charge is 0.496 e. The summed E-state index contributed by atoms with van der Waals surface area (Å²) < 4.78 is 29.5. The van der Waals surface area contributed by atoms with Crippen LogP contribution in [0.3, 0.4) is 0 Å². The standard InChI is InChI=1S/C14H23NO3S/c1-5-15-13(10-19(16,17)11(2)3)12-8-6-7-9-14(12)18-4/h6-9,11,13,15H,5,10H2,1-4H3. The van der Waals surface area contributed by atoms with Gasteiger partial charge in [-0.05, 0) is 26.5 Å². The average Bonchev–Trinajstić information content (AvgIpc) is 2.37. The van der Waals surface area contributed by atoms with E-state index in [9.17, 15) is 8.42 Å². The zero-order chi connectivity index (χ0) is 14.5. The van der Waals surface area contributed by atoms with Crippen molar-refractivity contribution >= 4 is 9.84 Å². The van der Waals surface area contributed by atoms with Gasteiger partial charge in [-0.25, -0.2) is 8.42 Å². The third-order valence-electron chi connectivity index (χ3n) is 3.08. The number of hydrogen-bond acceptors (Lipinski definition) is 4. The minimum atomic E-state index is -3.11. The molecule has 5 heteroatoms. The van der Waals surface area contributed by atoms with Crippen molar-refractivity contribution in [3.8, 4) is 5.75 Å². The quantitative estimate of drug-likeness (QED) is 0.834. The minimum absolute atomic E-state index is 0.0822. The van der Waals surface area contributed by atoms with Crippen molar-refractivity contribution in [3.63, 3.8) is 0 Å². The lowest BCUT2D eigenvalue weighted by atomic mass is 10.1. The van der Waals surface area contributed by atoms with Gasteiger partial charge in [-0.3, -0.25) is 0 Å². The van der Waals surface area contributed by atoms with Gasteiger partial charge in [0.1, 0.15) is 5.75 Å². The van der Waals surface area contributed by atoms with E-state index in [0.29, 0.717) is 12.3 Å². The van der Waals surface area contributed by atoms with Crippen molar-refractivity contribution in [2.45, 2.75) is 32.1 Å². The Kier molecular flexibility index (Phi) is 5.82. The Morgan fingerprint density at radius 1 is 1.26 bits per heavy atom. The van der Waals surface area contributed by atoms with Gasteiger partial charge in [0.05, 0.1) is 18.1 Å². The smallest absolute Gasteiger partial charge is 0.154 e. The molecule has 0 heterocycles. The van der Waals surface area contributed by atoms with Gasteiger partial charge < -0.3 is 10.1 Å². The number of methoxy groups -OCH3 is 1. The fourth-order valence-electron chi connectivity index (χ4n) is 1.88. The van der Waals surface area contributed by atoms with E-state index in [4.69, 9.17) is 4.74 Å². The molecule has 108 valence electrons. The minimum Gasteiger partial charge on any atom is -0.496 e. The third kappa shape index (κ3) is 4.21. The van der Waals surface area contributed by atoms with Crippen molar-refractivity contribution in [2.24, 2.45) is 0 Å². The predicted octanol–water partition coefficient (Wildman–Crippen LogP) is 2.17. The van der Waals surface area contributed by atoms with Crippen LogP contribution in [-0.2, 0) is 9.84 Å². The van der Waals surface area contributed by atoms with Gasteiger partial charge in [0, 0.05) is 11.6 Å². The number of ether oxygens (including phenoxy) is 1. The maximum atomic E-state index is 12.1. The number of hydrogen-bond donors (Lipinski definition) is 1. The molecule has 1 N–H and O–H groups in total. The summed E-state index contributed by atoms with van der Waals surface area (Å²) in [6.45, 7) is 6.09. The van der Waals surface area contributed by atoms with E-state index in [1.54, 1.807) is 21.0 Å². The summed E-state index contributed by atoms with van der Waals surface area (Å²) >= 11 is 0. The zero-order valence-electron chi connectivity index (χ0n) is 12.0. The van der Waals surface area contributed by atoms with Crippen molar-refractivity contribution in [1.82, 2.24) is 5.32 Å². The molecule has 19 heavy (non-hydrogen) atoms. The second-order valence-electron chi connectivity index (χ2n) is 4.73. The van der Waals surface area contributed by atoms with E-state index >= 15 is 0 Å². The molecule has 0 bridgehead atoms. The molecule has 1 unspecified atom stereocenters. The van der Waals surface area contributed by atoms with Crippen LogP contribution in [0.1, 0.15) is 32.4 Å². The summed E-state index contributed by atoms with van der Waals surface area (Å²) in [5.41, 5.74) is 0.885. The Morgan fingerprint density at radius 2 is 1.89 bits per heavy atom. The summed E-state index contributed by atoms with van der Waals surface area (Å²) in [6, 6.07) is 7.28. The van der Waals surface area contributed by atoms with Crippen molar-refractivity contribution in [1.29, 1.82) is 0 Å². The van der Waals surface area contributed by atoms with E-state index < -0.39 is 9.84 Å². The molecule has 1 aromatic rings. The van der Waals surface area contributed by atoms with Gasteiger partial charge in [-0.1, -0.05) is 25.1 Å². The predicted molar refractivity (Wildman–Crippen MR) is 78.3 cm³/mol. The highest BCUT2D eigenvalue weighted by molar-refractivity contribution is 7.92. The molecule has 0 aliphatic heterocycles. The van der Waals surface area contributed by atoms with Crippen LogP contribution in [0, 0.1) is 0 Å².